The van der Waals surface area contributed by atoms with Crippen molar-refractivity contribution in [2.45, 2.75) is 30.2 Å². The molecule has 5 nitrogen and oxygen atoms in total. The van der Waals surface area contributed by atoms with Crippen LogP contribution in [0.3, 0.4) is 0 Å². The van der Waals surface area contributed by atoms with Crippen LogP contribution in [0.4, 0.5) is 11.4 Å². The topological polar surface area (TPSA) is 67.4 Å². The molecule has 5 rings (SSSR count). The number of allylic oxidation sites excluding steroid dienone is 2. The maximum absolute atomic E-state index is 13.1. The summed E-state index contributed by atoms with van der Waals surface area (Å²) in [5, 5.41) is 3.68. The number of sulfonamides is 1. The molecule has 2 aliphatic rings. The molecule has 0 unspecified atom stereocenters. The third-order valence-electron chi connectivity index (χ3n) is 6.37. The second-order valence-corrected chi connectivity index (χ2v) is 10.2. The zero-order chi connectivity index (χ0) is 22.3. The van der Waals surface area contributed by atoms with Crippen LogP contribution < -0.4 is 14.8 Å². The molecule has 0 saturated carbocycles. The Morgan fingerprint density at radius 1 is 1.03 bits per heavy atom. The van der Waals surface area contributed by atoms with E-state index in [9.17, 15) is 8.42 Å². The van der Waals surface area contributed by atoms with Gasteiger partial charge in [-0.25, -0.2) is 8.42 Å². The Labute approximate surface area is 189 Å². The highest BCUT2D eigenvalue weighted by Crippen LogP contribution is 2.50. The maximum Gasteiger partial charge on any atom is 0.261 e. The molecule has 3 aromatic rings. The van der Waals surface area contributed by atoms with Crippen molar-refractivity contribution in [3.63, 3.8) is 0 Å². The van der Waals surface area contributed by atoms with Gasteiger partial charge in [-0.2, -0.15) is 0 Å². The quantitative estimate of drug-likeness (QED) is 0.499. The SMILES string of the molecule is COc1cccc(NS(=O)(=O)c2ccc3c(c2)[C@@H]2C=CC[C@@H]2[C@H](c2cccc(C)c2)N3)c1. The number of benzene rings is 3. The van der Waals surface area contributed by atoms with Crippen molar-refractivity contribution in [2.24, 2.45) is 5.92 Å². The van der Waals surface area contributed by atoms with Crippen LogP contribution in [0.15, 0.2) is 83.8 Å². The highest BCUT2D eigenvalue weighted by Gasteiger charge is 2.38. The molecule has 3 atom stereocenters. The van der Waals surface area contributed by atoms with Crippen LogP contribution >= 0.6 is 0 Å². The summed E-state index contributed by atoms with van der Waals surface area (Å²) in [5.74, 6) is 1.14. The lowest BCUT2D eigenvalue weighted by Gasteiger charge is -2.37. The van der Waals surface area contributed by atoms with Gasteiger partial charge in [0.1, 0.15) is 5.75 Å². The average molecular weight is 447 g/mol. The normalized spacial score (nSPS) is 21.4. The summed E-state index contributed by atoms with van der Waals surface area (Å²) in [6.45, 7) is 2.11. The first-order valence-electron chi connectivity index (χ1n) is 10.8. The van der Waals surface area contributed by atoms with Gasteiger partial charge in [-0.1, -0.05) is 48.0 Å². The highest BCUT2D eigenvalue weighted by molar-refractivity contribution is 7.92. The van der Waals surface area contributed by atoms with Gasteiger partial charge in [0, 0.05) is 17.7 Å². The fourth-order valence-electron chi connectivity index (χ4n) is 4.83. The summed E-state index contributed by atoms with van der Waals surface area (Å²) >= 11 is 0. The molecule has 32 heavy (non-hydrogen) atoms. The third-order valence-corrected chi connectivity index (χ3v) is 7.75. The van der Waals surface area contributed by atoms with E-state index >= 15 is 0 Å². The number of rotatable bonds is 5. The van der Waals surface area contributed by atoms with Crippen molar-refractivity contribution in [1.82, 2.24) is 0 Å². The number of fused-ring (bicyclic) bond motifs is 3. The van der Waals surface area contributed by atoms with E-state index in [0.29, 0.717) is 17.4 Å². The monoisotopic (exact) mass is 446 g/mol. The zero-order valence-electron chi connectivity index (χ0n) is 18.1. The van der Waals surface area contributed by atoms with Crippen molar-refractivity contribution >= 4 is 21.4 Å². The predicted molar refractivity (Wildman–Crippen MR) is 128 cm³/mol. The molecule has 1 aliphatic carbocycles. The van der Waals surface area contributed by atoms with Gasteiger partial charge in [0.2, 0.25) is 0 Å². The Morgan fingerprint density at radius 3 is 2.69 bits per heavy atom. The molecule has 0 radical (unpaired) electrons. The van der Waals surface area contributed by atoms with Gasteiger partial charge in [0.05, 0.1) is 23.7 Å². The summed E-state index contributed by atoms with van der Waals surface area (Å²) in [4.78, 5) is 0.258. The van der Waals surface area contributed by atoms with Crippen LogP contribution in [0.5, 0.6) is 5.75 Å². The summed E-state index contributed by atoms with van der Waals surface area (Å²) < 4.78 is 34.1. The van der Waals surface area contributed by atoms with Gasteiger partial charge >= 0.3 is 0 Å². The second-order valence-electron chi connectivity index (χ2n) is 8.48. The van der Waals surface area contributed by atoms with Crippen LogP contribution in [0.1, 0.15) is 35.1 Å². The molecule has 1 aliphatic heterocycles. The van der Waals surface area contributed by atoms with E-state index in [1.54, 1.807) is 37.4 Å². The summed E-state index contributed by atoms with van der Waals surface area (Å²) in [6.07, 6.45) is 5.40. The lowest BCUT2D eigenvalue weighted by atomic mass is 9.77. The van der Waals surface area contributed by atoms with Crippen molar-refractivity contribution in [1.29, 1.82) is 0 Å². The maximum atomic E-state index is 13.1. The molecule has 0 fully saturated rings. The molecule has 0 saturated heterocycles. The minimum absolute atomic E-state index is 0.184. The molecule has 3 aromatic carbocycles. The molecule has 1 heterocycles. The predicted octanol–water partition coefficient (Wildman–Crippen LogP) is 5.63. The first-order valence-corrected chi connectivity index (χ1v) is 12.2. The molecular weight excluding hydrogens is 420 g/mol. The first kappa shape index (κ1) is 20.6. The van der Waals surface area contributed by atoms with Crippen molar-refractivity contribution in [3.05, 3.63) is 95.6 Å². The Kier molecular flexibility index (Phi) is 5.18. The van der Waals surface area contributed by atoms with Crippen LogP contribution in [0.25, 0.3) is 0 Å². The molecule has 164 valence electrons. The molecular formula is C26H26N2O3S. The van der Waals surface area contributed by atoms with Gasteiger partial charge in [-0.15, -0.1) is 0 Å². The number of hydrogen-bond donors (Lipinski definition) is 2. The Balaban J connectivity index is 1.48. The Bertz CT molecular complexity index is 1300. The summed E-state index contributed by atoms with van der Waals surface area (Å²) in [6, 6.07) is 21.1. The van der Waals surface area contributed by atoms with Gasteiger partial charge in [0.25, 0.3) is 10.0 Å². The van der Waals surface area contributed by atoms with Crippen LogP contribution in [0, 0.1) is 12.8 Å². The first-order chi connectivity index (χ1) is 15.4. The second kappa shape index (κ2) is 8.02. The van der Waals surface area contributed by atoms with E-state index in [2.05, 4.69) is 53.4 Å². The van der Waals surface area contributed by atoms with E-state index in [0.717, 1.165) is 17.7 Å². The standard InChI is InChI=1S/C26H26N2O3S/c1-17-6-3-7-18(14-17)26-23-11-5-10-22(23)24-16-21(12-13-25(24)27-26)32(29,30)28-19-8-4-9-20(15-19)31-2/h3-10,12-16,22-23,26-28H,11H2,1-2H3/t22-,23+,26+/m1/s1. The number of nitrogens with one attached hydrogen (secondary N) is 2. The molecule has 0 aromatic heterocycles. The van der Waals surface area contributed by atoms with Gasteiger partial charge < -0.3 is 10.1 Å². The fraction of sp³-hybridized carbons (Fsp3) is 0.231. The number of anilines is 2. The number of ether oxygens (including phenoxy) is 1. The highest BCUT2D eigenvalue weighted by atomic mass is 32.2. The molecule has 0 amide bonds. The largest absolute Gasteiger partial charge is 0.497 e. The smallest absolute Gasteiger partial charge is 0.261 e. The Morgan fingerprint density at radius 2 is 1.88 bits per heavy atom. The molecule has 6 heteroatoms. The molecule has 0 bridgehead atoms. The van der Waals surface area contributed by atoms with E-state index in [1.807, 2.05) is 12.1 Å². The van der Waals surface area contributed by atoms with Crippen LogP contribution in [0.2, 0.25) is 0 Å². The summed E-state index contributed by atoms with van der Waals surface area (Å²) in [5.41, 5.74) is 5.00. The average Bonchev–Trinajstić information content (AvgIpc) is 3.28. The zero-order valence-corrected chi connectivity index (χ0v) is 18.9. The van der Waals surface area contributed by atoms with Gasteiger partial charge in [0.15, 0.2) is 0 Å². The van der Waals surface area contributed by atoms with E-state index in [-0.39, 0.29) is 16.9 Å². The van der Waals surface area contributed by atoms with Crippen molar-refractivity contribution in [2.75, 3.05) is 17.1 Å². The molecule has 0 spiro atoms. The van der Waals surface area contributed by atoms with Crippen molar-refractivity contribution < 1.29 is 13.2 Å². The lowest BCUT2D eigenvalue weighted by molar-refractivity contribution is 0.415. The Hall–Kier alpha value is -3.25. The minimum atomic E-state index is -3.73. The van der Waals surface area contributed by atoms with Gasteiger partial charge in [-0.05, 0) is 60.7 Å². The van der Waals surface area contributed by atoms with Crippen molar-refractivity contribution in [3.8, 4) is 5.75 Å². The third kappa shape index (κ3) is 3.75. The fourth-order valence-corrected chi connectivity index (χ4v) is 5.92. The molecule has 2 N–H and O–H groups in total. The number of methoxy groups -OCH3 is 1. The van der Waals surface area contributed by atoms with E-state index in [4.69, 9.17) is 4.74 Å². The van der Waals surface area contributed by atoms with E-state index < -0.39 is 10.0 Å². The van der Waals surface area contributed by atoms with Crippen LogP contribution in [-0.4, -0.2) is 15.5 Å². The van der Waals surface area contributed by atoms with E-state index in [1.165, 1.54) is 11.1 Å². The lowest BCUT2D eigenvalue weighted by Crippen LogP contribution is -2.29. The number of hydrogen-bond acceptors (Lipinski definition) is 4. The number of aryl methyl sites for hydroxylation is 1. The van der Waals surface area contributed by atoms with Crippen LogP contribution in [-0.2, 0) is 10.0 Å². The summed E-state index contributed by atoms with van der Waals surface area (Å²) in [7, 11) is -2.17. The van der Waals surface area contributed by atoms with Gasteiger partial charge in [-0.3, -0.25) is 4.72 Å². The minimum Gasteiger partial charge on any atom is -0.497 e.